The number of morpholine rings is 1. The van der Waals surface area contributed by atoms with Gasteiger partial charge in [-0.15, -0.1) is 5.10 Å². The van der Waals surface area contributed by atoms with Gasteiger partial charge in [-0.1, -0.05) is 19.3 Å². The van der Waals surface area contributed by atoms with Crippen LogP contribution in [0.15, 0.2) is 0 Å². The summed E-state index contributed by atoms with van der Waals surface area (Å²) in [6, 6.07) is 0.136. The molecule has 2 heterocycles. The predicted octanol–water partition coefficient (Wildman–Crippen LogP) is 0.574. The van der Waals surface area contributed by atoms with E-state index < -0.39 is 0 Å². The van der Waals surface area contributed by atoms with Crippen LogP contribution < -0.4 is 5.32 Å². The van der Waals surface area contributed by atoms with Crippen molar-refractivity contribution in [3.63, 3.8) is 0 Å². The van der Waals surface area contributed by atoms with Gasteiger partial charge in [-0.05, 0) is 23.3 Å². The number of aromatic nitrogens is 4. The lowest BCUT2D eigenvalue weighted by molar-refractivity contribution is -0.121. The number of ether oxygens (including phenoxy) is 1. The number of hydrogen-bond acceptors (Lipinski definition) is 5. The van der Waals surface area contributed by atoms with Gasteiger partial charge in [0.1, 0.15) is 0 Å². The number of nitrogens with zero attached hydrogens (tertiary/aromatic N) is 4. The summed E-state index contributed by atoms with van der Waals surface area (Å²) in [6.07, 6.45) is 6.01. The first-order valence-corrected chi connectivity index (χ1v) is 6.41. The zero-order valence-corrected chi connectivity index (χ0v) is 10.2. The van der Waals surface area contributed by atoms with Gasteiger partial charge in [0.05, 0.1) is 18.2 Å². The van der Waals surface area contributed by atoms with E-state index in [1.54, 1.807) is 4.68 Å². The molecular weight excluding hydrogens is 218 g/mol. The monoisotopic (exact) mass is 237 g/mol. The minimum Gasteiger partial charge on any atom is -0.372 e. The van der Waals surface area contributed by atoms with Gasteiger partial charge in [-0.2, -0.15) is 0 Å². The van der Waals surface area contributed by atoms with Gasteiger partial charge in [0, 0.05) is 13.6 Å². The maximum Gasteiger partial charge on any atom is 0.170 e. The van der Waals surface area contributed by atoms with Gasteiger partial charge in [-0.25, -0.2) is 4.68 Å². The summed E-state index contributed by atoms with van der Waals surface area (Å²) in [5.41, 5.74) is -0.0844. The summed E-state index contributed by atoms with van der Waals surface area (Å²) in [5, 5.41) is 15.4. The molecule has 1 saturated carbocycles. The molecule has 0 radical (unpaired) electrons. The fourth-order valence-corrected chi connectivity index (χ4v) is 3.12. The molecule has 2 aliphatic rings. The molecule has 94 valence electrons. The van der Waals surface area contributed by atoms with Crippen LogP contribution >= 0.6 is 0 Å². The first kappa shape index (κ1) is 11.1. The zero-order chi connectivity index (χ0) is 11.7. The first-order valence-electron chi connectivity index (χ1n) is 6.41. The summed E-state index contributed by atoms with van der Waals surface area (Å²) in [4.78, 5) is 0. The number of rotatable bonds is 1. The van der Waals surface area contributed by atoms with Crippen LogP contribution in [0, 0.1) is 0 Å². The van der Waals surface area contributed by atoms with Crippen molar-refractivity contribution in [1.82, 2.24) is 25.5 Å². The van der Waals surface area contributed by atoms with Gasteiger partial charge in [0.2, 0.25) is 0 Å². The molecule has 1 aromatic heterocycles. The van der Waals surface area contributed by atoms with Crippen molar-refractivity contribution in [2.24, 2.45) is 7.05 Å². The second-order valence-corrected chi connectivity index (χ2v) is 5.02. The Hall–Kier alpha value is -1.01. The van der Waals surface area contributed by atoms with Crippen molar-refractivity contribution in [3.05, 3.63) is 5.82 Å². The third-order valence-electron chi connectivity index (χ3n) is 3.98. The van der Waals surface area contributed by atoms with E-state index in [4.69, 9.17) is 4.74 Å². The van der Waals surface area contributed by atoms with Crippen molar-refractivity contribution >= 4 is 0 Å². The predicted molar refractivity (Wildman–Crippen MR) is 61.3 cm³/mol. The molecule has 1 aromatic rings. The molecular formula is C11H19N5O. The van der Waals surface area contributed by atoms with Gasteiger partial charge < -0.3 is 10.1 Å². The average molecular weight is 237 g/mol. The van der Waals surface area contributed by atoms with Crippen LogP contribution in [0.5, 0.6) is 0 Å². The van der Waals surface area contributed by atoms with Crippen molar-refractivity contribution in [3.8, 4) is 0 Å². The Balaban J connectivity index is 1.92. The Labute approximate surface area is 101 Å². The SMILES string of the molecule is Cn1nnnc1C1NCCOC12CCCCC2. The van der Waals surface area contributed by atoms with Crippen molar-refractivity contribution < 1.29 is 4.74 Å². The Bertz CT molecular complexity index is 377. The van der Waals surface area contributed by atoms with E-state index in [0.29, 0.717) is 0 Å². The molecule has 0 aromatic carbocycles. The standard InChI is InChI=1S/C11H19N5O/c1-16-10(13-14-15-16)9-11(17-8-7-12-9)5-3-2-4-6-11/h9,12H,2-8H2,1H3. The molecule has 0 amide bonds. The molecule has 6 heteroatoms. The van der Waals surface area contributed by atoms with Crippen LogP contribution in [0.4, 0.5) is 0 Å². The fourth-order valence-electron chi connectivity index (χ4n) is 3.12. The second kappa shape index (κ2) is 4.34. The molecule has 1 unspecified atom stereocenters. The molecule has 1 spiro atoms. The highest BCUT2D eigenvalue weighted by Gasteiger charge is 2.45. The summed E-state index contributed by atoms with van der Waals surface area (Å²) in [7, 11) is 1.89. The Morgan fingerprint density at radius 1 is 1.35 bits per heavy atom. The maximum atomic E-state index is 6.13. The Morgan fingerprint density at radius 3 is 2.88 bits per heavy atom. The van der Waals surface area contributed by atoms with Crippen LogP contribution in [-0.4, -0.2) is 39.0 Å². The normalized spacial score (nSPS) is 28.4. The molecule has 0 bridgehead atoms. The van der Waals surface area contributed by atoms with Crippen LogP contribution in [0.2, 0.25) is 0 Å². The number of tetrazole rings is 1. The van der Waals surface area contributed by atoms with E-state index in [1.165, 1.54) is 19.3 Å². The topological polar surface area (TPSA) is 64.9 Å². The lowest BCUT2D eigenvalue weighted by atomic mass is 9.78. The highest BCUT2D eigenvalue weighted by atomic mass is 16.5. The third-order valence-corrected chi connectivity index (χ3v) is 3.98. The van der Waals surface area contributed by atoms with Crippen molar-refractivity contribution in [1.29, 1.82) is 0 Å². The summed E-state index contributed by atoms with van der Waals surface area (Å²) >= 11 is 0. The van der Waals surface area contributed by atoms with E-state index in [0.717, 1.165) is 31.8 Å². The van der Waals surface area contributed by atoms with Crippen LogP contribution in [0.1, 0.15) is 44.0 Å². The molecule has 17 heavy (non-hydrogen) atoms. The Kier molecular flexibility index (Phi) is 2.84. The summed E-state index contributed by atoms with van der Waals surface area (Å²) in [6.45, 7) is 1.67. The van der Waals surface area contributed by atoms with Crippen LogP contribution in [0.3, 0.4) is 0 Å². The van der Waals surface area contributed by atoms with E-state index in [-0.39, 0.29) is 11.6 Å². The van der Waals surface area contributed by atoms with Crippen molar-refractivity contribution in [2.45, 2.75) is 43.7 Å². The van der Waals surface area contributed by atoms with Gasteiger partial charge >= 0.3 is 0 Å². The fraction of sp³-hybridized carbons (Fsp3) is 0.909. The largest absolute Gasteiger partial charge is 0.372 e. The Morgan fingerprint density at radius 2 is 2.18 bits per heavy atom. The smallest absolute Gasteiger partial charge is 0.170 e. The molecule has 1 saturated heterocycles. The maximum absolute atomic E-state index is 6.13. The number of hydrogen-bond donors (Lipinski definition) is 1. The minimum absolute atomic E-state index is 0.0844. The van der Waals surface area contributed by atoms with E-state index in [9.17, 15) is 0 Å². The quantitative estimate of drug-likeness (QED) is 0.773. The van der Waals surface area contributed by atoms with Crippen molar-refractivity contribution in [2.75, 3.05) is 13.2 Å². The van der Waals surface area contributed by atoms with Gasteiger partial charge in [0.15, 0.2) is 5.82 Å². The van der Waals surface area contributed by atoms with Gasteiger partial charge in [-0.3, -0.25) is 0 Å². The summed E-state index contributed by atoms with van der Waals surface area (Å²) < 4.78 is 7.88. The third kappa shape index (κ3) is 1.85. The molecule has 1 aliphatic carbocycles. The second-order valence-electron chi connectivity index (χ2n) is 5.02. The highest BCUT2D eigenvalue weighted by molar-refractivity contribution is 5.07. The van der Waals surface area contributed by atoms with Crippen LogP contribution in [0.25, 0.3) is 0 Å². The first-order chi connectivity index (χ1) is 8.32. The summed E-state index contributed by atoms with van der Waals surface area (Å²) in [5.74, 6) is 0.895. The lowest BCUT2D eigenvalue weighted by Gasteiger charge is -2.46. The minimum atomic E-state index is -0.0844. The molecule has 3 rings (SSSR count). The van der Waals surface area contributed by atoms with E-state index >= 15 is 0 Å². The van der Waals surface area contributed by atoms with Gasteiger partial charge in [0.25, 0.3) is 0 Å². The lowest BCUT2D eigenvalue weighted by Crippen LogP contribution is -2.54. The molecule has 2 fully saturated rings. The van der Waals surface area contributed by atoms with Crippen LogP contribution in [-0.2, 0) is 11.8 Å². The van der Waals surface area contributed by atoms with E-state index in [1.807, 2.05) is 7.05 Å². The zero-order valence-electron chi connectivity index (χ0n) is 10.2. The number of nitrogens with one attached hydrogen (secondary N) is 1. The van der Waals surface area contributed by atoms with E-state index in [2.05, 4.69) is 20.8 Å². The molecule has 6 nitrogen and oxygen atoms in total. The molecule has 1 aliphatic heterocycles. The molecule has 1 atom stereocenters. The highest BCUT2D eigenvalue weighted by Crippen LogP contribution is 2.42. The average Bonchev–Trinajstić information content (AvgIpc) is 2.77. The molecule has 1 N–H and O–H groups in total. The number of aryl methyl sites for hydroxylation is 1.